The van der Waals surface area contributed by atoms with Crippen molar-refractivity contribution in [2.75, 3.05) is 18.8 Å². The maximum atomic E-state index is 13.3. The fourth-order valence-electron chi connectivity index (χ4n) is 1.60. The van der Waals surface area contributed by atoms with Crippen molar-refractivity contribution >= 4 is 17.4 Å². The van der Waals surface area contributed by atoms with Crippen molar-refractivity contribution < 1.29 is 9.31 Å². The number of nitrogens with one attached hydrogen (secondary N) is 1. The summed E-state index contributed by atoms with van der Waals surface area (Å²) in [5.41, 5.74) is 0.340. The van der Waals surface area contributed by atoms with Crippen LogP contribution in [0.2, 0.25) is 0 Å². The van der Waals surface area contributed by atoms with E-state index in [1.54, 1.807) is 17.8 Å². The van der Waals surface area contributed by atoms with Gasteiger partial charge < -0.3 is 5.32 Å². The van der Waals surface area contributed by atoms with Crippen molar-refractivity contribution in [1.29, 1.82) is 0 Å². The number of nitro groups is 1. The maximum absolute atomic E-state index is 13.3. The molecule has 0 spiro atoms. The summed E-state index contributed by atoms with van der Waals surface area (Å²) in [4.78, 5) is 9.73. The summed E-state index contributed by atoms with van der Waals surface area (Å²) in [5, 5.41) is 13.6. The largest absolute Gasteiger partial charge is 0.316 e. The van der Waals surface area contributed by atoms with Crippen LogP contribution < -0.4 is 5.32 Å². The standard InChI is InChI=1S/C11H13FN2O2S/c12-10-3-8(1-2-11(10)14(15)16)6-17-7-9-4-13-5-9/h1-3,9,13H,4-7H2. The van der Waals surface area contributed by atoms with Crippen molar-refractivity contribution in [2.45, 2.75) is 5.75 Å². The molecular weight excluding hydrogens is 243 g/mol. The molecule has 1 N–H and O–H groups in total. The van der Waals surface area contributed by atoms with E-state index in [9.17, 15) is 14.5 Å². The van der Waals surface area contributed by atoms with Crippen LogP contribution in [-0.2, 0) is 5.75 Å². The second kappa shape index (κ2) is 5.46. The quantitative estimate of drug-likeness (QED) is 0.648. The van der Waals surface area contributed by atoms with Crippen LogP contribution in [0.4, 0.5) is 10.1 Å². The summed E-state index contributed by atoms with van der Waals surface area (Å²) in [6, 6.07) is 4.10. The molecule has 0 unspecified atom stereocenters. The normalized spacial score (nSPS) is 15.6. The molecule has 1 aliphatic heterocycles. The van der Waals surface area contributed by atoms with Crippen molar-refractivity contribution in [3.8, 4) is 0 Å². The minimum atomic E-state index is -0.751. The molecule has 1 fully saturated rings. The summed E-state index contributed by atoms with van der Waals surface area (Å²) < 4.78 is 13.3. The molecule has 4 nitrogen and oxygen atoms in total. The van der Waals surface area contributed by atoms with Crippen molar-refractivity contribution in [2.24, 2.45) is 5.92 Å². The van der Waals surface area contributed by atoms with Gasteiger partial charge in [0, 0.05) is 11.8 Å². The predicted octanol–water partition coefficient (Wildman–Crippen LogP) is 2.19. The first-order valence-electron chi connectivity index (χ1n) is 5.38. The van der Waals surface area contributed by atoms with Gasteiger partial charge in [0.2, 0.25) is 5.82 Å². The molecule has 0 amide bonds. The first kappa shape index (κ1) is 12.3. The van der Waals surface area contributed by atoms with Crippen molar-refractivity contribution in [3.63, 3.8) is 0 Å². The number of halogens is 1. The summed E-state index contributed by atoms with van der Waals surface area (Å²) in [6.07, 6.45) is 0. The summed E-state index contributed by atoms with van der Waals surface area (Å²) in [6.45, 7) is 2.11. The smallest absolute Gasteiger partial charge is 0.304 e. The Morgan fingerprint density at radius 1 is 1.53 bits per heavy atom. The van der Waals surface area contributed by atoms with Gasteiger partial charge >= 0.3 is 5.69 Å². The SMILES string of the molecule is O=[N+]([O-])c1ccc(CSCC2CNC2)cc1F. The molecule has 1 saturated heterocycles. The zero-order chi connectivity index (χ0) is 12.3. The molecule has 2 rings (SSSR count). The molecule has 0 aliphatic carbocycles. The van der Waals surface area contributed by atoms with E-state index in [-0.39, 0.29) is 0 Å². The number of nitro benzene ring substituents is 1. The number of nitrogens with zero attached hydrogens (tertiary/aromatic N) is 1. The van der Waals surface area contributed by atoms with Crippen LogP contribution in [-0.4, -0.2) is 23.8 Å². The van der Waals surface area contributed by atoms with Crippen LogP contribution in [0, 0.1) is 21.8 Å². The molecule has 92 valence electrons. The number of benzene rings is 1. The van der Waals surface area contributed by atoms with E-state index < -0.39 is 16.4 Å². The molecule has 1 aromatic rings. The van der Waals surface area contributed by atoms with Gasteiger partial charge in [0.05, 0.1) is 4.92 Å². The second-order valence-corrected chi connectivity index (χ2v) is 5.11. The van der Waals surface area contributed by atoms with Crippen LogP contribution >= 0.6 is 11.8 Å². The lowest BCUT2D eigenvalue weighted by Crippen LogP contribution is -2.43. The zero-order valence-electron chi connectivity index (χ0n) is 9.19. The number of hydrogen-bond acceptors (Lipinski definition) is 4. The lowest BCUT2D eigenvalue weighted by molar-refractivity contribution is -0.387. The van der Waals surface area contributed by atoms with Crippen molar-refractivity contribution in [1.82, 2.24) is 5.32 Å². The highest BCUT2D eigenvalue weighted by atomic mass is 32.2. The van der Waals surface area contributed by atoms with E-state index in [1.807, 2.05) is 0 Å². The van der Waals surface area contributed by atoms with Gasteiger partial charge in [0.25, 0.3) is 0 Å². The van der Waals surface area contributed by atoms with E-state index in [2.05, 4.69) is 5.32 Å². The monoisotopic (exact) mass is 256 g/mol. The average Bonchev–Trinajstić information content (AvgIpc) is 2.21. The second-order valence-electron chi connectivity index (χ2n) is 4.08. The average molecular weight is 256 g/mol. The molecule has 0 atom stereocenters. The third-order valence-corrected chi connectivity index (χ3v) is 3.94. The molecule has 0 radical (unpaired) electrons. The van der Waals surface area contributed by atoms with Gasteiger partial charge in [-0.05, 0) is 36.4 Å². The number of thioether (sulfide) groups is 1. The van der Waals surface area contributed by atoms with Gasteiger partial charge in [-0.25, -0.2) is 0 Å². The van der Waals surface area contributed by atoms with E-state index in [0.717, 1.165) is 24.4 Å². The fourth-order valence-corrected chi connectivity index (χ4v) is 2.70. The van der Waals surface area contributed by atoms with Crippen LogP contribution in [0.15, 0.2) is 18.2 Å². The zero-order valence-corrected chi connectivity index (χ0v) is 10.0. The lowest BCUT2D eigenvalue weighted by Gasteiger charge is -2.26. The molecule has 6 heteroatoms. The van der Waals surface area contributed by atoms with Crippen LogP contribution in [0.5, 0.6) is 0 Å². The molecule has 0 bridgehead atoms. The summed E-state index contributed by atoms with van der Waals surface area (Å²) >= 11 is 1.74. The third-order valence-electron chi connectivity index (χ3n) is 2.70. The van der Waals surface area contributed by atoms with Gasteiger partial charge in [-0.3, -0.25) is 10.1 Å². The van der Waals surface area contributed by atoms with Crippen molar-refractivity contribution in [3.05, 3.63) is 39.7 Å². The molecule has 1 heterocycles. The molecular formula is C11H13FN2O2S. The summed E-state index contributed by atoms with van der Waals surface area (Å²) in [7, 11) is 0. The Labute approximate surface area is 103 Å². The Hall–Kier alpha value is -1.14. The van der Waals surface area contributed by atoms with Gasteiger partial charge in [0.1, 0.15) is 0 Å². The van der Waals surface area contributed by atoms with E-state index in [0.29, 0.717) is 11.7 Å². The highest BCUT2D eigenvalue weighted by Crippen LogP contribution is 2.22. The topological polar surface area (TPSA) is 55.2 Å². The highest BCUT2D eigenvalue weighted by molar-refractivity contribution is 7.98. The minimum Gasteiger partial charge on any atom is -0.316 e. The Morgan fingerprint density at radius 2 is 2.29 bits per heavy atom. The molecule has 1 aromatic carbocycles. The van der Waals surface area contributed by atoms with E-state index >= 15 is 0 Å². The lowest BCUT2D eigenvalue weighted by atomic mass is 10.1. The highest BCUT2D eigenvalue weighted by Gasteiger charge is 2.17. The first-order chi connectivity index (χ1) is 8.16. The van der Waals surface area contributed by atoms with Crippen LogP contribution in [0.3, 0.4) is 0 Å². The third kappa shape index (κ3) is 3.17. The van der Waals surface area contributed by atoms with Crippen LogP contribution in [0.1, 0.15) is 5.56 Å². The number of rotatable bonds is 5. The van der Waals surface area contributed by atoms with Gasteiger partial charge in [-0.1, -0.05) is 6.07 Å². The first-order valence-corrected chi connectivity index (χ1v) is 6.53. The Bertz CT molecular complexity index is 424. The van der Waals surface area contributed by atoms with Gasteiger partial charge in [-0.2, -0.15) is 16.2 Å². The molecule has 0 aromatic heterocycles. The van der Waals surface area contributed by atoms with E-state index in [1.165, 1.54) is 12.1 Å². The van der Waals surface area contributed by atoms with Gasteiger partial charge in [0.15, 0.2) is 0 Å². The summed E-state index contributed by atoms with van der Waals surface area (Å²) in [5.74, 6) is 1.71. The van der Waals surface area contributed by atoms with E-state index in [4.69, 9.17) is 0 Å². The predicted molar refractivity (Wildman–Crippen MR) is 65.6 cm³/mol. The Morgan fingerprint density at radius 3 is 2.82 bits per heavy atom. The maximum Gasteiger partial charge on any atom is 0.304 e. The Balaban J connectivity index is 1.88. The molecule has 0 saturated carbocycles. The molecule has 1 aliphatic rings. The van der Waals surface area contributed by atoms with Crippen LogP contribution in [0.25, 0.3) is 0 Å². The fraction of sp³-hybridized carbons (Fsp3) is 0.455. The Kier molecular flexibility index (Phi) is 3.96. The van der Waals surface area contributed by atoms with Gasteiger partial charge in [-0.15, -0.1) is 0 Å². The minimum absolute atomic E-state index is 0.457. The molecule has 17 heavy (non-hydrogen) atoms. The number of hydrogen-bond donors (Lipinski definition) is 1.